The zero-order valence-corrected chi connectivity index (χ0v) is 12.0. The van der Waals surface area contributed by atoms with E-state index in [1.54, 1.807) is 26.0 Å². The van der Waals surface area contributed by atoms with E-state index in [0.717, 1.165) is 30.0 Å². The lowest BCUT2D eigenvalue weighted by atomic mass is 10.3. The number of benzene rings is 1. The summed E-state index contributed by atoms with van der Waals surface area (Å²) >= 11 is 0.946. The lowest BCUT2D eigenvalue weighted by Crippen LogP contribution is -2.15. The fourth-order valence-corrected chi connectivity index (χ4v) is 2.15. The quantitative estimate of drug-likeness (QED) is 0.935. The maximum Gasteiger partial charge on any atom is 0.230 e. The van der Waals surface area contributed by atoms with Crippen LogP contribution in [-0.4, -0.2) is 36.1 Å². The van der Waals surface area contributed by atoms with Crippen LogP contribution in [0.4, 0.5) is 20.7 Å². The molecule has 0 saturated carbocycles. The molecule has 0 atom stereocenters. The Labute approximate surface area is 119 Å². The summed E-state index contributed by atoms with van der Waals surface area (Å²) in [4.78, 5) is 14.3. The molecule has 0 aliphatic carbocycles. The molecule has 1 aromatic heterocycles. The molecule has 0 bridgehead atoms. The average Bonchev–Trinajstić information content (AvgIpc) is 2.42. The third-order valence-electron chi connectivity index (χ3n) is 2.32. The van der Waals surface area contributed by atoms with Gasteiger partial charge in [0.2, 0.25) is 11.9 Å². The number of aromatic nitrogens is 3. The molecule has 0 fully saturated rings. The van der Waals surface area contributed by atoms with Crippen LogP contribution in [-0.2, 0) is 0 Å². The van der Waals surface area contributed by atoms with Gasteiger partial charge >= 0.3 is 0 Å². The van der Waals surface area contributed by atoms with E-state index in [1.807, 2.05) is 0 Å². The highest BCUT2D eigenvalue weighted by Gasteiger charge is 2.12. The maximum absolute atomic E-state index is 13.6. The van der Waals surface area contributed by atoms with E-state index in [0.29, 0.717) is 11.9 Å². The molecule has 2 aromatic rings. The summed E-state index contributed by atoms with van der Waals surface area (Å²) in [5.74, 6) is -0.231. The molecule has 0 amide bonds. The largest absolute Gasteiger partial charge is 0.357 e. The molecule has 0 aliphatic heterocycles. The molecule has 1 N–H and O–H groups in total. The minimum atomic E-state index is -0.519. The van der Waals surface area contributed by atoms with Crippen LogP contribution >= 0.6 is 11.8 Å². The van der Waals surface area contributed by atoms with Gasteiger partial charge in [0, 0.05) is 21.1 Å². The van der Waals surface area contributed by atoms with E-state index in [4.69, 9.17) is 0 Å². The van der Waals surface area contributed by atoms with Crippen molar-refractivity contribution in [2.24, 2.45) is 0 Å². The summed E-state index contributed by atoms with van der Waals surface area (Å²) in [6.07, 6.45) is 0. The molecule has 5 nitrogen and oxygen atoms in total. The van der Waals surface area contributed by atoms with Crippen molar-refractivity contribution in [2.45, 2.75) is 10.1 Å². The van der Waals surface area contributed by atoms with Crippen LogP contribution in [0.5, 0.6) is 0 Å². The van der Waals surface area contributed by atoms with E-state index >= 15 is 0 Å². The van der Waals surface area contributed by atoms with Gasteiger partial charge in [0.1, 0.15) is 11.6 Å². The fourth-order valence-electron chi connectivity index (χ4n) is 1.36. The Morgan fingerprint density at radius 1 is 1.15 bits per heavy atom. The predicted octanol–water partition coefficient (Wildman–Crippen LogP) is 2.41. The van der Waals surface area contributed by atoms with Crippen molar-refractivity contribution in [3.8, 4) is 0 Å². The molecule has 106 valence electrons. The molecule has 1 heterocycles. The van der Waals surface area contributed by atoms with Crippen molar-refractivity contribution in [3.05, 3.63) is 29.8 Å². The second kappa shape index (κ2) is 6.00. The van der Waals surface area contributed by atoms with Crippen molar-refractivity contribution in [2.75, 3.05) is 31.4 Å². The van der Waals surface area contributed by atoms with Gasteiger partial charge in [-0.3, -0.25) is 0 Å². The number of nitrogens with one attached hydrogen (secondary N) is 1. The summed E-state index contributed by atoms with van der Waals surface area (Å²) < 4.78 is 26.8. The molecule has 0 spiro atoms. The van der Waals surface area contributed by atoms with Crippen LogP contribution in [0.3, 0.4) is 0 Å². The normalized spacial score (nSPS) is 10.4. The molecule has 2 rings (SSSR count). The van der Waals surface area contributed by atoms with Crippen molar-refractivity contribution >= 4 is 23.7 Å². The van der Waals surface area contributed by atoms with Gasteiger partial charge in [-0.15, -0.1) is 0 Å². The molecule has 0 radical (unpaired) electrons. The van der Waals surface area contributed by atoms with Crippen LogP contribution in [0.2, 0.25) is 0 Å². The fraction of sp³-hybridized carbons (Fsp3) is 0.250. The van der Waals surface area contributed by atoms with Crippen LogP contribution < -0.4 is 10.2 Å². The predicted molar refractivity (Wildman–Crippen MR) is 74.2 cm³/mol. The summed E-state index contributed by atoms with van der Waals surface area (Å²) in [6.45, 7) is 0. The van der Waals surface area contributed by atoms with E-state index in [-0.39, 0.29) is 10.1 Å². The van der Waals surface area contributed by atoms with E-state index in [2.05, 4.69) is 20.3 Å². The molecule has 8 heteroatoms. The number of rotatable bonds is 4. The number of hydrogen-bond acceptors (Lipinski definition) is 6. The summed E-state index contributed by atoms with van der Waals surface area (Å²) in [5.41, 5.74) is 0. The summed E-state index contributed by atoms with van der Waals surface area (Å²) in [6, 6.07) is 3.25. The summed E-state index contributed by atoms with van der Waals surface area (Å²) in [5, 5.41) is 3.09. The first-order valence-corrected chi connectivity index (χ1v) is 6.55. The first-order chi connectivity index (χ1) is 9.49. The second-order valence-electron chi connectivity index (χ2n) is 4.06. The first-order valence-electron chi connectivity index (χ1n) is 5.73. The van der Waals surface area contributed by atoms with Gasteiger partial charge in [0.15, 0.2) is 5.16 Å². The highest BCUT2D eigenvalue weighted by Crippen LogP contribution is 2.29. The van der Waals surface area contributed by atoms with Gasteiger partial charge in [-0.05, 0) is 30.0 Å². The number of nitrogens with zero attached hydrogens (tertiary/aromatic N) is 4. The van der Waals surface area contributed by atoms with Crippen LogP contribution in [0.25, 0.3) is 0 Å². The monoisotopic (exact) mass is 297 g/mol. The Hall–Kier alpha value is -1.96. The highest BCUT2D eigenvalue weighted by atomic mass is 32.2. The minimum Gasteiger partial charge on any atom is -0.357 e. The first kappa shape index (κ1) is 14.4. The molecular weight excluding hydrogens is 284 g/mol. The molecule has 20 heavy (non-hydrogen) atoms. The highest BCUT2D eigenvalue weighted by molar-refractivity contribution is 7.99. The zero-order valence-electron chi connectivity index (χ0n) is 11.2. The average molecular weight is 297 g/mol. The number of halogens is 2. The van der Waals surface area contributed by atoms with Crippen LogP contribution in [0, 0.1) is 11.6 Å². The Balaban J connectivity index is 2.37. The lowest BCUT2D eigenvalue weighted by molar-refractivity contribution is 0.577. The Morgan fingerprint density at radius 2 is 1.90 bits per heavy atom. The van der Waals surface area contributed by atoms with Gasteiger partial charge in [-0.25, -0.2) is 8.78 Å². The third-order valence-corrected chi connectivity index (χ3v) is 3.22. The molecule has 1 aromatic carbocycles. The summed E-state index contributed by atoms with van der Waals surface area (Å²) in [7, 11) is 5.24. The third kappa shape index (κ3) is 3.32. The maximum atomic E-state index is 13.6. The van der Waals surface area contributed by atoms with Gasteiger partial charge in [-0.2, -0.15) is 15.0 Å². The van der Waals surface area contributed by atoms with Gasteiger partial charge in [-0.1, -0.05) is 0 Å². The van der Waals surface area contributed by atoms with Crippen LogP contribution in [0.15, 0.2) is 28.3 Å². The Bertz CT molecular complexity index is 621. The SMILES string of the molecule is CNc1nc(Sc2cc(F)ccc2F)nc(N(C)C)n1. The number of anilines is 2. The van der Waals surface area contributed by atoms with Gasteiger partial charge in [0.25, 0.3) is 0 Å². The Morgan fingerprint density at radius 3 is 2.55 bits per heavy atom. The van der Waals surface area contributed by atoms with Crippen molar-refractivity contribution in [3.63, 3.8) is 0 Å². The van der Waals surface area contributed by atoms with E-state index in [9.17, 15) is 8.78 Å². The molecule has 0 unspecified atom stereocenters. The Kier molecular flexibility index (Phi) is 4.33. The topological polar surface area (TPSA) is 53.9 Å². The van der Waals surface area contributed by atoms with Crippen molar-refractivity contribution in [1.82, 2.24) is 15.0 Å². The molecular formula is C12H13F2N5S. The molecule has 0 aliphatic rings. The van der Waals surface area contributed by atoms with E-state index < -0.39 is 11.6 Å². The zero-order chi connectivity index (χ0) is 14.7. The standard InChI is InChI=1S/C12H13F2N5S/c1-15-10-16-11(19(2)3)18-12(17-10)20-9-6-7(13)4-5-8(9)14/h4-6H,1-3H3,(H,15,16,17,18). The second-order valence-corrected chi connectivity index (χ2v) is 5.07. The molecule has 0 saturated heterocycles. The van der Waals surface area contributed by atoms with Crippen molar-refractivity contribution in [1.29, 1.82) is 0 Å². The van der Waals surface area contributed by atoms with E-state index in [1.165, 1.54) is 0 Å². The van der Waals surface area contributed by atoms with Crippen LogP contribution in [0.1, 0.15) is 0 Å². The van der Waals surface area contributed by atoms with Gasteiger partial charge in [0.05, 0.1) is 4.90 Å². The number of hydrogen-bond donors (Lipinski definition) is 1. The minimum absolute atomic E-state index is 0.128. The van der Waals surface area contributed by atoms with Crippen molar-refractivity contribution < 1.29 is 8.78 Å². The lowest BCUT2D eigenvalue weighted by Gasteiger charge is -2.12. The van der Waals surface area contributed by atoms with Gasteiger partial charge < -0.3 is 10.2 Å². The smallest absolute Gasteiger partial charge is 0.230 e.